The molecule has 1 fully saturated rings. The van der Waals surface area contributed by atoms with Gasteiger partial charge in [-0.25, -0.2) is 13.6 Å². The first kappa shape index (κ1) is 22.3. The zero-order chi connectivity index (χ0) is 23.0. The molecule has 4 amide bonds. The van der Waals surface area contributed by atoms with Gasteiger partial charge in [0.2, 0.25) is 11.8 Å². The smallest absolute Gasteiger partial charge is 0.274 e. The lowest BCUT2D eigenvalue weighted by Gasteiger charge is -2.36. The van der Waals surface area contributed by atoms with Crippen molar-refractivity contribution in [2.24, 2.45) is 0 Å². The second kappa shape index (κ2) is 8.05. The summed E-state index contributed by atoms with van der Waals surface area (Å²) in [5, 5.41) is 0. The Hall–Kier alpha value is -3.37. The van der Waals surface area contributed by atoms with Crippen molar-refractivity contribution in [1.29, 1.82) is 0 Å². The largest absolute Gasteiger partial charge is 0.333 e. The normalized spacial score (nSPS) is 15.6. The van der Waals surface area contributed by atoms with E-state index in [0.717, 1.165) is 36.4 Å². The number of imide groups is 2. The molecule has 2 aromatic carbocycles. The van der Waals surface area contributed by atoms with Crippen molar-refractivity contribution in [2.45, 2.75) is 18.3 Å². The van der Waals surface area contributed by atoms with Crippen molar-refractivity contribution in [3.63, 3.8) is 0 Å². The number of nitrogens with zero attached hydrogens (tertiary/aromatic N) is 2. The Bertz CT molecular complexity index is 964. The third kappa shape index (κ3) is 4.70. The first-order valence-corrected chi connectivity index (χ1v) is 8.83. The van der Waals surface area contributed by atoms with Crippen LogP contribution in [-0.4, -0.2) is 40.7 Å². The van der Waals surface area contributed by atoms with E-state index in [4.69, 9.17) is 0 Å². The molecule has 1 aliphatic rings. The van der Waals surface area contributed by atoms with Crippen LogP contribution in [0.5, 0.6) is 0 Å². The second-order valence-electron chi connectivity index (χ2n) is 6.85. The van der Waals surface area contributed by atoms with Gasteiger partial charge in [-0.15, -0.1) is 0 Å². The summed E-state index contributed by atoms with van der Waals surface area (Å²) in [6, 6.07) is 4.86. The maximum absolute atomic E-state index is 14.5. The predicted molar refractivity (Wildman–Crippen MR) is 94.0 cm³/mol. The molecule has 2 aromatic rings. The number of halogens is 6. The highest BCUT2D eigenvalue weighted by molar-refractivity contribution is 6.14. The maximum Gasteiger partial charge on any atom is 0.333 e. The van der Waals surface area contributed by atoms with E-state index in [2.05, 4.69) is 0 Å². The average Bonchev–Trinajstić information content (AvgIpc) is 2.68. The topological polar surface area (TPSA) is 57.7 Å². The minimum absolute atomic E-state index is 0.0338. The van der Waals surface area contributed by atoms with Gasteiger partial charge in [-0.3, -0.25) is 19.4 Å². The van der Waals surface area contributed by atoms with E-state index >= 15 is 0 Å². The molecule has 0 atom stereocenters. The van der Waals surface area contributed by atoms with Crippen LogP contribution < -0.4 is 0 Å². The van der Waals surface area contributed by atoms with Gasteiger partial charge in [0.15, 0.2) is 0 Å². The fourth-order valence-corrected chi connectivity index (χ4v) is 3.00. The van der Waals surface area contributed by atoms with Crippen LogP contribution in [-0.2, 0) is 21.4 Å². The molecule has 1 aliphatic heterocycles. The van der Waals surface area contributed by atoms with Gasteiger partial charge < -0.3 is 0 Å². The summed E-state index contributed by atoms with van der Waals surface area (Å²) >= 11 is 0. The van der Waals surface area contributed by atoms with Crippen LogP contribution in [0.15, 0.2) is 48.5 Å². The minimum Gasteiger partial charge on any atom is -0.274 e. The van der Waals surface area contributed by atoms with Crippen LogP contribution in [0.3, 0.4) is 0 Å². The summed E-state index contributed by atoms with van der Waals surface area (Å²) in [6.07, 6.45) is -1.09. The van der Waals surface area contributed by atoms with Crippen LogP contribution in [0.4, 0.5) is 31.1 Å². The predicted octanol–water partition coefficient (Wildman–Crippen LogP) is 4.03. The van der Waals surface area contributed by atoms with Gasteiger partial charge in [-0.2, -0.15) is 17.6 Å². The molecule has 5 nitrogen and oxygen atoms in total. The molecule has 0 spiro atoms. The average molecular weight is 444 g/mol. The maximum atomic E-state index is 14.5. The van der Waals surface area contributed by atoms with Crippen molar-refractivity contribution in [2.75, 3.05) is 13.1 Å². The Morgan fingerprint density at radius 3 is 1.45 bits per heavy atom. The van der Waals surface area contributed by atoms with E-state index < -0.39 is 72.0 Å². The molecule has 0 unspecified atom stereocenters. The molecule has 1 heterocycles. The molecule has 0 bridgehead atoms. The minimum atomic E-state index is -3.91. The van der Waals surface area contributed by atoms with E-state index in [0.29, 0.717) is 12.1 Å². The lowest BCUT2D eigenvalue weighted by Crippen LogP contribution is -2.59. The number of urea groups is 1. The Morgan fingerprint density at radius 1 is 0.710 bits per heavy atom. The molecule has 164 valence electrons. The summed E-state index contributed by atoms with van der Waals surface area (Å²) in [5.41, 5.74) is -1.69. The fourth-order valence-electron chi connectivity index (χ4n) is 3.00. The van der Waals surface area contributed by atoms with Gasteiger partial charge in [0.25, 0.3) is 11.8 Å². The molecular weight excluding hydrogens is 430 g/mol. The molecule has 1 saturated heterocycles. The van der Waals surface area contributed by atoms with Crippen molar-refractivity contribution in [1.82, 2.24) is 9.80 Å². The molecule has 0 aromatic heterocycles. The highest BCUT2D eigenvalue weighted by atomic mass is 19.3. The van der Waals surface area contributed by atoms with Crippen LogP contribution in [0.1, 0.15) is 17.5 Å². The number of rotatable bonds is 6. The quantitative estimate of drug-likeness (QED) is 0.500. The third-order valence-corrected chi connectivity index (χ3v) is 4.57. The Kier molecular flexibility index (Phi) is 5.79. The number of hydrogen-bond donors (Lipinski definition) is 0. The number of benzene rings is 2. The highest BCUT2D eigenvalue weighted by Gasteiger charge is 2.47. The first-order valence-electron chi connectivity index (χ1n) is 8.83. The molecule has 11 heteroatoms. The Morgan fingerprint density at radius 2 is 1.10 bits per heavy atom. The molecule has 0 N–H and O–H groups in total. The van der Waals surface area contributed by atoms with Gasteiger partial charge in [0, 0.05) is 11.1 Å². The first-order chi connectivity index (χ1) is 14.4. The summed E-state index contributed by atoms with van der Waals surface area (Å²) in [4.78, 5) is 36.5. The standard InChI is InChI=1S/C20H14F6N2O3/c21-14-5-1-3-12(7-14)19(23,24)10-27-16(29)9-17(30)28(18(27)31)11-20(25,26)13-4-2-6-15(22)8-13/h1-8H,9-11H2. The number of carbonyl (C=O) groups excluding carboxylic acids is 3. The van der Waals surface area contributed by atoms with Crippen molar-refractivity contribution >= 4 is 17.8 Å². The fraction of sp³-hybridized carbons (Fsp3) is 0.250. The Balaban J connectivity index is 1.84. The molecular formula is C20H14F6N2O3. The SMILES string of the molecule is O=C1CC(=O)N(CC(F)(F)c2cccc(F)c2)C(=O)N1CC(F)(F)c1cccc(F)c1. The van der Waals surface area contributed by atoms with E-state index in [-0.39, 0.29) is 9.80 Å². The van der Waals surface area contributed by atoms with Crippen LogP contribution in [0.2, 0.25) is 0 Å². The monoisotopic (exact) mass is 444 g/mol. The van der Waals surface area contributed by atoms with Crippen molar-refractivity contribution in [3.05, 3.63) is 71.3 Å². The molecule has 3 rings (SSSR count). The highest BCUT2D eigenvalue weighted by Crippen LogP contribution is 2.33. The van der Waals surface area contributed by atoms with Crippen molar-refractivity contribution < 1.29 is 40.7 Å². The molecule has 0 saturated carbocycles. The van der Waals surface area contributed by atoms with E-state index in [1.807, 2.05) is 0 Å². The zero-order valence-electron chi connectivity index (χ0n) is 15.6. The van der Waals surface area contributed by atoms with Crippen LogP contribution in [0, 0.1) is 11.6 Å². The third-order valence-electron chi connectivity index (χ3n) is 4.57. The number of alkyl halides is 4. The molecule has 31 heavy (non-hydrogen) atoms. The lowest BCUT2D eigenvalue weighted by atomic mass is 10.1. The zero-order valence-corrected chi connectivity index (χ0v) is 15.6. The summed E-state index contributed by atoms with van der Waals surface area (Å²) in [5.74, 6) is -12.4. The second-order valence-corrected chi connectivity index (χ2v) is 6.85. The Labute approximate surface area is 171 Å². The number of amides is 4. The lowest BCUT2D eigenvalue weighted by molar-refractivity contribution is -0.149. The van der Waals surface area contributed by atoms with E-state index in [1.54, 1.807) is 0 Å². The molecule has 0 radical (unpaired) electrons. The van der Waals surface area contributed by atoms with Crippen molar-refractivity contribution in [3.8, 4) is 0 Å². The van der Waals surface area contributed by atoms with Gasteiger partial charge >= 0.3 is 6.03 Å². The number of hydrogen-bond acceptors (Lipinski definition) is 3. The van der Waals surface area contributed by atoms with Crippen LogP contribution in [0.25, 0.3) is 0 Å². The number of barbiturate groups is 1. The van der Waals surface area contributed by atoms with Crippen LogP contribution >= 0.6 is 0 Å². The number of carbonyl (C=O) groups is 3. The van der Waals surface area contributed by atoms with E-state index in [9.17, 15) is 40.7 Å². The summed E-state index contributed by atoms with van der Waals surface area (Å²) in [6.45, 7) is -3.16. The van der Waals surface area contributed by atoms with Gasteiger partial charge in [0.05, 0.1) is 13.1 Å². The van der Waals surface area contributed by atoms with Gasteiger partial charge in [0.1, 0.15) is 18.1 Å². The summed E-state index contributed by atoms with van der Waals surface area (Å²) in [7, 11) is 0. The molecule has 0 aliphatic carbocycles. The summed E-state index contributed by atoms with van der Waals surface area (Å²) < 4.78 is 84.7. The van der Waals surface area contributed by atoms with E-state index in [1.165, 1.54) is 0 Å². The van der Waals surface area contributed by atoms with Gasteiger partial charge in [-0.1, -0.05) is 24.3 Å². The van der Waals surface area contributed by atoms with Gasteiger partial charge in [-0.05, 0) is 24.3 Å².